The minimum absolute atomic E-state index is 0.265. The van der Waals surface area contributed by atoms with Crippen LogP contribution in [-0.2, 0) is 0 Å². The van der Waals surface area contributed by atoms with Gasteiger partial charge >= 0.3 is 5.97 Å². The van der Waals surface area contributed by atoms with Crippen LogP contribution in [0, 0.1) is 6.92 Å². The van der Waals surface area contributed by atoms with E-state index in [1.54, 1.807) is 37.3 Å². The summed E-state index contributed by atoms with van der Waals surface area (Å²) in [5.41, 5.74) is 0.746. The summed E-state index contributed by atoms with van der Waals surface area (Å²) in [6.07, 6.45) is 0. The van der Waals surface area contributed by atoms with E-state index < -0.39 is 11.5 Å². The molecule has 19 heavy (non-hydrogen) atoms. The number of pyridine rings is 1. The SMILES string of the molecule is COc1cccc(-c2cc(C)[nH]c(=O)c2C(=O)O)c1. The number of hydrogen-bond donors (Lipinski definition) is 2. The quantitative estimate of drug-likeness (QED) is 0.884. The molecule has 2 aromatic rings. The highest BCUT2D eigenvalue weighted by molar-refractivity contribution is 5.95. The number of rotatable bonds is 3. The first-order valence-electron chi connectivity index (χ1n) is 5.64. The Labute approximate surface area is 109 Å². The number of aromatic amines is 1. The van der Waals surface area contributed by atoms with Crippen LogP contribution in [0.4, 0.5) is 0 Å². The molecule has 0 aliphatic rings. The summed E-state index contributed by atoms with van der Waals surface area (Å²) < 4.78 is 5.10. The molecular weight excluding hydrogens is 246 g/mol. The molecule has 5 heteroatoms. The van der Waals surface area contributed by atoms with Crippen molar-refractivity contribution in [2.45, 2.75) is 6.92 Å². The van der Waals surface area contributed by atoms with Gasteiger partial charge in [-0.2, -0.15) is 0 Å². The predicted molar refractivity (Wildman–Crippen MR) is 70.7 cm³/mol. The highest BCUT2D eigenvalue weighted by Crippen LogP contribution is 2.25. The fourth-order valence-corrected chi connectivity index (χ4v) is 1.92. The van der Waals surface area contributed by atoms with Crippen molar-refractivity contribution in [2.75, 3.05) is 7.11 Å². The van der Waals surface area contributed by atoms with Crippen LogP contribution >= 0.6 is 0 Å². The van der Waals surface area contributed by atoms with Crippen molar-refractivity contribution < 1.29 is 14.6 Å². The second kappa shape index (κ2) is 4.97. The van der Waals surface area contributed by atoms with Gasteiger partial charge in [0.2, 0.25) is 0 Å². The lowest BCUT2D eigenvalue weighted by atomic mass is 10.0. The zero-order valence-corrected chi connectivity index (χ0v) is 10.6. The van der Waals surface area contributed by atoms with Crippen LogP contribution in [0.15, 0.2) is 35.1 Å². The van der Waals surface area contributed by atoms with Crippen LogP contribution in [0.1, 0.15) is 16.1 Å². The van der Waals surface area contributed by atoms with Crippen LogP contribution in [0.3, 0.4) is 0 Å². The number of aromatic nitrogens is 1. The van der Waals surface area contributed by atoms with Crippen molar-refractivity contribution in [3.05, 3.63) is 51.9 Å². The molecule has 0 atom stereocenters. The number of H-pyrrole nitrogens is 1. The number of benzene rings is 1. The topological polar surface area (TPSA) is 79.4 Å². The van der Waals surface area contributed by atoms with Gasteiger partial charge in [-0.25, -0.2) is 4.79 Å². The van der Waals surface area contributed by atoms with Gasteiger partial charge in [-0.05, 0) is 30.7 Å². The lowest BCUT2D eigenvalue weighted by Crippen LogP contribution is -2.19. The molecule has 2 rings (SSSR count). The molecule has 98 valence electrons. The van der Waals surface area contributed by atoms with Gasteiger partial charge in [-0.15, -0.1) is 0 Å². The van der Waals surface area contributed by atoms with Crippen LogP contribution in [0.5, 0.6) is 5.75 Å². The maximum absolute atomic E-state index is 11.8. The Morgan fingerprint density at radius 2 is 2.05 bits per heavy atom. The molecule has 0 radical (unpaired) electrons. The van der Waals surface area contributed by atoms with Crippen molar-refractivity contribution in [3.63, 3.8) is 0 Å². The Morgan fingerprint density at radius 3 is 2.68 bits per heavy atom. The average molecular weight is 259 g/mol. The minimum Gasteiger partial charge on any atom is -0.497 e. The monoisotopic (exact) mass is 259 g/mol. The molecule has 0 amide bonds. The first kappa shape index (κ1) is 12.9. The zero-order valence-electron chi connectivity index (χ0n) is 10.6. The third kappa shape index (κ3) is 2.49. The van der Waals surface area contributed by atoms with Gasteiger partial charge in [-0.1, -0.05) is 12.1 Å². The van der Waals surface area contributed by atoms with E-state index in [9.17, 15) is 14.7 Å². The lowest BCUT2D eigenvalue weighted by Gasteiger charge is -2.08. The molecule has 1 aromatic heterocycles. The number of carboxylic acids is 1. The van der Waals surface area contributed by atoms with Crippen LogP contribution in [-0.4, -0.2) is 23.2 Å². The van der Waals surface area contributed by atoms with Crippen molar-refractivity contribution in [1.82, 2.24) is 4.98 Å². The van der Waals surface area contributed by atoms with Crippen LogP contribution < -0.4 is 10.3 Å². The lowest BCUT2D eigenvalue weighted by molar-refractivity contribution is 0.0696. The van der Waals surface area contributed by atoms with Crippen molar-refractivity contribution in [1.29, 1.82) is 0 Å². The van der Waals surface area contributed by atoms with E-state index >= 15 is 0 Å². The van der Waals surface area contributed by atoms with Crippen molar-refractivity contribution >= 4 is 5.97 Å². The number of methoxy groups -OCH3 is 1. The second-order valence-corrected chi connectivity index (χ2v) is 4.11. The molecule has 0 saturated heterocycles. The maximum atomic E-state index is 11.8. The molecule has 0 aliphatic heterocycles. The predicted octanol–water partition coefficient (Wildman–Crippen LogP) is 2.06. The van der Waals surface area contributed by atoms with Gasteiger partial charge in [0.15, 0.2) is 0 Å². The maximum Gasteiger partial charge on any atom is 0.341 e. The Kier molecular flexibility index (Phi) is 3.37. The van der Waals surface area contributed by atoms with Crippen molar-refractivity contribution in [3.8, 4) is 16.9 Å². The third-order valence-corrected chi connectivity index (χ3v) is 2.76. The molecule has 0 fully saturated rings. The Balaban J connectivity index is 2.73. The summed E-state index contributed by atoms with van der Waals surface area (Å²) >= 11 is 0. The summed E-state index contributed by atoms with van der Waals surface area (Å²) in [4.78, 5) is 25.5. The average Bonchev–Trinajstić information content (AvgIpc) is 2.37. The van der Waals surface area contributed by atoms with Gasteiger partial charge in [-0.3, -0.25) is 4.79 Å². The molecule has 5 nitrogen and oxygen atoms in total. The van der Waals surface area contributed by atoms with Crippen molar-refractivity contribution in [2.24, 2.45) is 0 Å². The van der Waals surface area contributed by atoms with E-state index in [1.807, 2.05) is 0 Å². The summed E-state index contributed by atoms with van der Waals surface area (Å²) in [5.74, 6) is -0.647. The summed E-state index contributed by atoms with van der Waals surface area (Å²) in [7, 11) is 1.53. The largest absolute Gasteiger partial charge is 0.497 e. The van der Waals surface area contributed by atoms with Gasteiger partial charge in [0, 0.05) is 11.3 Å². The zero-order chi connectivity index (χ0) is 14.0. The number of carboxylic acid groups (broad SMARTS) is 1. The van der Waals surface area contributed by atoms with Gasteiger partial charge < -0.3 is 14.8 Å². The number of ether oxygens (including phenoxy) is 1. The first-order valence-corrected chi connectivity index (χ1v) is 5.64. The van der Waals surface area contributed by atoms with E-state index in [2.05, 4.69) is 4.98 Å². The molecule has 0 aliphatic carbocycles. The molecule has 2 N–H and O–H groups in total. The Hall–Kier alpha value is -2.56. The fraction of sp³-hybridized carbons (Fsp3) is 0.143. The summed E-state index contributed by atoms with van der Waals surface area (Å²) in [6, 6.07) is 8.57. The molecule has 0 saturated carbocycles. The number of carbonyl (C=O) groups is 1. The Morgan fingerprint density at radius 1 is 1.32 bits per heavy atom. The van der Waals surface area contributed by atoms with E-state index in [0.717, 1.165) is 0 Å². The summed E-state index contributed by atoms with van der Waals surface area (Å²) in [6.45, 7) is 1.71. The molecular formula is C14H13NO4. The normalized spacial score (nSPS) is 10.2. The number of aromatic carboxylic acids is 1. The highest BCUT2D eigenvalue weighted by atomic mass is 16.5. The van der Waals surface area contributed by atoms with Gasteiger partial charge in [0.1, 0.15) is 11.3 Å². The standard InChI is InChI=1S/C14H13NO4/c1-8-6-11(12(14(17)18)13(16)15-8)9-4-3-5-10(7-9)19-2/h3-7H,1-2H3,(H,15,16)(H,17,18). The highest BCUT2D eigenvalue weighted by Gasteiger charge is 2.17. The van der Waals surface area contributed by atoms with Crippen LogP contribution in [0.25, 0.3) is 11.1 Å². The minimum atomic E-state index is -1.25. The fourth-order valence-electron chi connectivity index (χ4n) is 1.92. The molecule has 0 bridgehead atoms. The van der Waals surface area contributed by atoms with E-state index in [0.29, 0.717) is 22.6 Å². The van der Waals surface area contributed by atoms with E-state index in [4.69, 9.17) is 4.74 Å². The molecule has 1 aromatic carbocycles. The van der Waals surface area contributed by atoms with E-state index in [-0.39, 0.29) is 5.56 Å². The second-order valence-electron chi connectivity index (χ2n) is 4.11. The molecule has 0 unspecified atom stereocenters. The van der Waals surface area contributed by atoms with Crippen LogP contribution in [0.2, 0.25) is 0 Å². The number of hydrogen-bond acceptors (Lipinski definition) is 3. The molecule has 0 spiro atoms. The Bertz CT molecular complexity index is 688. The van der Waals surface area contributed by atoms with Gasteiger partial charge in [0.05, 0.1) is 7.11 Å². The van der Waals surface area contributed by atoms with Gasteiger partial charge in [0.25, 0.3) is 5.56 Å². The third-order valence-electron chi connectivity index (χ3n) is 2.76. The first-order chi connectivity index (χ1) is 9.02. The number of nitrogens with one attached hydrogen (secondary N) is 1. The number of aryl methyl sites for hydroxylation is 1. The van der Waals surface area contributed by atoms with E-state index in [1.165, 1.54) is 7.11 Å². The smallest absolute Gasteiger partial charge is 0.341 e. The summed E-state index contributed by atoms with van der Waals surface area (Å²) in [5, 5.41) is 9.17. The molecule has 1 heterocycles.